The first-order chi connectivity index (χ1) is 8.52. The molecule has 0 saturated heterocycles. The summed E-state index contributed by atoms with van der Waals surface area (Å²) in [6.07, 6.45) is -0.472. The number of rotatable bonds is 6. The Morgan fingerprint density at radius 1 is 1.28 bits per heavy atom. The van der Waals surface area contributed by atoms with Crippen molar-refractivity contribution in [2.75, 3.05) is 6.61 Å². The summed E-state index contributed by atoms with van der Waals surface area (Å²) in [7, 11) is 0. The molecule has 1 atom stereocenters. The molecule has 0 aliphatic carbocycles. The van der Waals surface area contributed by atoms with Gasteiger partial charge in [0.1, 0.15) is 5.75 Å². The molecule has 1 aromatic carbocycles. The van der Waals surface area contributed by atoms with Crippen molar-refractivity contribution in [2.45, 2.75) is 26.4 Å². The van der Waals surface area contributed by atoms with E-state index in [2.05, 4.69) is 0 Å². The summed E-state index contributed by atoms with van der Waals surface area (Å²) in [5.41, 5.74) is 5.89. The predicted octanol–water partition coefficient (Wildman–Crippen LogP) is 1.04. The van der Waals surface area contributed by atoms with E-state index in [9.17, 15) is 9.59 Å². The highest BCUT2D eigenvalue weighted by Gasteiger charge is 2.15. The number of esters is 1. The summed E-state index contributed by atoms with van der Waals surface area (Å²) in [6.45, 7) is 3.68. The van der Waals surface area contributed by atoms with Gasteiger partial charge in [-0.2, -0.15) is 0 Å². The highest BCUT2D eigenvalue weighted by atomic mass is 16.6. The molecule has 0 radical (unpaired) electrons. The Hall–Kier alpha value is -2.04. The van der Waals surface area contributed by atoms with Crippen LogP contribution in [-0.4, -0.2) is 24.6 Å². The van der Waals surface area contributed by atoms with E-state index in [1.165, 1.54) is 0 Å². The molecule has 0 saturated carbocycles. The number of hydrogen-bond acceptors (Lipinski definition) is 4. The van der Waals surface area contributed by atoms with E-state index in [0.29, 0.717) is 12.4 Å². The lowest BCUT2D eigenvalue weighted by molar-refractivity contribution is -0.150. The molecule has 1 rings (SSSR count). The van der Waals surface area contributed by atoms with Gasteiger partial charge < -0.3 is 15.2 Å². The van der Waals surface area contributed by atoms with Gasteiger partial charge in [-0.25, -0.2) is 4.79 Å². The molecule has 1 amide bonds. The monoisotopic (exact) mass is 251 g/mol. The molecule has 0 aliphatic rings. The summed E-state index contributed by atoms with van der Waals surface area (Å²) in [4.78, 5) is 22.1. The fourth-order valence-corrected chi connectivity index (χ4v) is 1.40. The van der Waals surface area contributed by atoms with Gasteiger partial charge >= 0.3 is 5.97 Å². The lowest BCUT2D eigenvalue weighted by atomic mass is 10.1. The van der Waals surface area contributed by atoms with Crippen LogP contribution in [0.5, 0.6) is 5.75 Å². The van der Waals surface area contributed by atoms with Crippen LogP contribution in [0.1, 0.15) is 19.4 Å². The molecule has 1 aromatic rings. The summed E-state index contributed by atoms with van der Waals surface area (Å²) < 4.78 is 10.2. The quantitative estimate of drug-likeness (QED) is 0.766. The van der Waals surface area contributed by atoms with Crippen LogP contribution in [0.25, 0.3) is 0 Å². The largest absolute Gasteiger partial charge is 0.479 e. The summed E-state index contributed by atoms with van der Waals surface area (Å²) in [6, 6.07) is 6.85. The Morgan fingerprint density at radius 3 is 2.39 bits per heavy atom. The molecule has 5 nitrogen and oxygen atoms in total. The molecule has 5 heteroatoms. The number of hydrogen-bond donors (Lipinski definition) is 1. The minimum absolute atomic E-state index is 0.188. The molecule has 2 N–H and O–H groups in total. The zero-order valence-electron chi connectivity index (χ0n) is 10.5. The minimum atomic E-state index is -0.660. The predicted molar refractivity (Wildman–Crippen MR) is 66.1 cm³/mol. The molecular formula is C13H17NO4. The van der Waals surface area contributed by atoms with Crippen molar-refractivity contribution >= 4 is 11.9 Å². The van der Waals surface area contributed by atoms with Crippen LogP contribution in [0.15, 0.2) is 24.3 Å². The van der Waals surface area contributed by atoms with Crippen molar-refractivity contribution in [3.63, 3.8) is 0 Å². The number of carbonyl (C=O) groups is 2. The second kappa shape index (κ2) is 6.64. The SMILES string of the molecule is CCOC(=O)[C@H](C)Oc1ccc(CC(N)=O)cc1. The summed E-state index contributed by atoms with van der Waals surface area (Å²) in [5, 5.41) is 0. The Kier molecular flexibility index (Phi) is 5.17. The molecule has 0 bridgehead atoms. The molecule has 0 aromatic heterocycles. The molecule has 0 spiro atoms. The van der Waals surface area contributed by atoms with Crippen molar-refractivity contribution < 1.29 is 19.1 Å². The summed E-state index contributed by atoms with van der Waals surface area (Å²) >= 11 is 0. The number of benzene rings is 1. The summed E-state index contributed by atoms with van der Waals surface area (Å²) in [5.74, 6) is -0.244. The maximum Gasteiger partial charge on any atom is 0.347 e. The van der Waals surface area contributed by atoms with Crippen LogP contribution >= 0.6 is 0 Å². The minimum Gasteiger partial charge on any atom is -0.479 e. The fourth-order valence-electron chi connectivity index (χ4n) is 1.40. The second-order valence-electron chi connectivity index (χ2n) is 3.80. The third kappa shape index (κ3) is 4.45. The van der Waals surface area contributed by atoms with Crippen LogP contribution in [0, 0.1) is 0 Å². The van der Waals surface area contributed by atoms with E-state index < -0.39 is 12.1 Å². The Morgan fingerprint density at radius 2 is 1.89 bits per heavy atom. The van der Waals surface area contributed by atoms with E-state index in [0.717, 1.165) is 5.56 Å². The lowest BCUT2D eigenvalue weighted by Gasteiger charge is -2.13. The van der Waals surface area contributed by atoms with Crippen molar-refractivity contribution in [3.8, 4) is 5.75 Å². The van der Waals surface area contributed by atoms with Crippen molar-refractivity contribution in [1.29, 1.82) is 0 Å². The number of carbonyl (C=O) groups excluding carboxylic acids is 2. The zero-order chi connectivity index (χ0) is 13.5. The molecule has 0 heterocycles. The Bertz CT molecular complexity index is 414. The van der Waals surface area contributed by atoms with Crippen LogP contribution in [0.4, 0.5) is 0 Å². The van der Waals surface area contributed by atoms with Gasteiger partial charge in [-0.05, 0) is 31.5 Å². The number of primary amides is 1. The average Bonchev–Trinajstić information content (AvgIpc) is 2.31. The maximum absolute atomic E-state index is 11.4. The van der Waals surface area contributed by atoms with Crippen molar-refractivity contribution in [3.05, 3.63) is 29.8 Å². The number of nitrogens with two attached hydrogens (primary N) is 1. The van der Waals surface area contributed by atoms with Gasteiger partial charge in [0.2, 0.25) is 5.91 Å². The van der Waals surface area contributed by atoms with Crippen LogP contribution in [-0.2, 0) is 20.7 Å². The zero-order valence-corrected chi connectivity index (χ0v) is 10.5. The number of ether oxygens (including phenoxy) is 2. The Balaban J connectivity index is 2.58. The van der Waals surface area contributed by atoms with Crippen LogP contribution in [0.2, 0.25) is 0 Å². The van der Waals surface area contributed by atoms with Gasteiger partial charge in [0.05, 0.1) is 13.0 Å². The average molecular weight is 251 g/mol. The molecule has 18 heavy (non-hydrogen) atoms. The first-order valence-electron chi connectivity index (χ1n) is 5.73. The third-order valence-corrected chi connectivity index (χ3v) is 2.23. The highest BCUT2D eigenvalue weighted by Crippen LogP contribution is 2.14. The third-order valence-electron chi connectivity index (χ3n) is 2.23. The fraction of sp³-hybridized carbons (Fsp3) is 0.385. The highest BCUT2D eigenvalue weighted by molar-refractivity contribution is 5.76. The Labute approximate surface area is 106 Å². The molecule has 0 unspecified atom stereocenters. The standard InChI is InChI=1S/C13H17NO4/c1-3-17-13(16)9(2)18-11-6-4-10(5-7-11)8-12(14)15/h4-7,9H,3,8H2,1-2H3,(H2,14,15)/t9-/m0/s1. The normalized spacial score (nSPS) is 11.7. The van der Waals surface area contributed by atoms with E-state index in [-0.39, 0.29) is 12.3 Å². The van der Waals surface area contributed by atoms with Gasteiger partial charge in [0, 0.05) is 0 Å². The van der Waals surface area contributed by atoms with Crippen molar-refractivity contribution in [1.82, 2.24) is 0 Å². The van der Waals surface area contributed by atoms with E-state index in [1.807, 2.05) is 0 Å². The second-order valence-corrected chi connectivity index (χ2v) is 3.80. The van der Waals surface area contributed by atoms with Gasteiger partial charge in [-0.1, -0.05) is 12.1 Å². The number of amides is 1. The maximum atomic E-state index is 11.4. The first-order valence-corrected chi connectivity index (χ1v) is 5.73. The first kappa shape index (κ1) is 14.0. The van der Waals surface area contributed by atoms with Gasteiger partial charge in [0.15, 0.2) is 6.10 Å². The van der Waals surface area contributed by atoms with Crippen LogP contribution < -0.4 is 10.5 Å². The van der Waals surface area contributed by atoms with Gasteiger partial charge in [-0.15, -0.1) is 0 Å². The molecule has 98 valence electrons. The molecule has 0 aliphatic heterocycles. The molecule has 0 fully saturated rings. The smallest absolute Gasteiger partial charge is 0.347 e. The van der Waals surface area contributed by atoms with Gasteiger partial charge in [0.25, 0.3) is 0 Å². The van der Waals surface area contributed by atoms with E-state index in [1.54, 1.807) is 38.1 Å². The van der Waals surface area contributed by atoms with Crippen LogP contribution in [0.3, 0.4) is 0 Å². The van der Waals surface area contributed by atoms with Crippen molar-refractivity contribution in [2.24, 2.45) is 5.73 Å². The van der Waals surface area contributed by atoms with E-state index in [4.69, 9.17) is 15.2 Å². The topological polar surface area (TPSA) is 78.6 Å². The van der Waals surface area contributed by atoms with E-state index >= 15 is 0 Å². The van der Waals surface area contributed by atoms with Gasteiger partial charge in [-0.3, -0.25) is 4.79 Å². The lowest BCUT2D eigenvalue weighted by Crippen LogP contribution is -2.26. The molecular weight excluding hydrogens is 234 g/mol.